The lowest BCUT2D eigenvalue weighted by Crippen LogP contribution is -2.54. The third-order valence-corrected chi connectivity index (χ3v) is 7.00. The van der Waals surface area contributed by atoms with Crippen molar-refractivity contribution in [3.63, 3.8) is 0 Å². The molecule has 1 aliphatic carbocycles. The molecule has 1 aliphatic heterocycles. The van der Waals surface area contributed by atoms with Gasteiger partial charge in [0, 0.05) is 36.6 Å². The maximum atomic E-state index is 13.4. The van der Waals surface area contributed by atoms with Crippen molar-refractivity contribution in [1.82, 2.24) is 19.5 Å². The minimum atomic E-state index is -0.256. The van der Waals surface area contributed by atoms with E-state index in [1.54, 1.807) is 7.11 Å². The zero-order valence-corrected chi connectivity index (χ0v) is 19.1. The van der Waals surface area contributed by atoms with Gasteiger partial charge < -0.3 is 9.64 Å². The van der Waals surface area contributed by atoms with E-state index in [1.165, 1.54) is 25.7 Å². The van der Waals surface area contributed by atoms with Crippen molar-refractivity contribution in [2.24, 2.45) is 5.92 Å². The van der Waals surface area contributed by atoms with E-state index in [-0.39, 0.29) is 17.6 Å². The monoisotopic (exact) mass is 412 g/mol. The molecule has 2 fully saturated rings. The van der Waals surface area contributed by atoms with Gasteiger partial charge in [-0.15, -0.1) is 0 Å². The highest BCUT2D eigenvalue weighted by Crippen LogP contribution is 2.31. The topological polar surface area (TPSA) is 59.7 Å². The standard InChI is InChI=1S/C24H36N4O2/c1-16(2)21-13-18(12-17-8-6-7-9-17)25-22-14-20(26-28(21)22)23(29)27-11-10-19(30-5)15-24(27,3)4/h13-14,16-17,19H,6-12,15H2,1-5H3. The summed E-state index contributed by atoms with van der Waals surface area (Å²) in [4.78, 5) is 20.3. The molecular formula is C24H36N4O2. The normalized spacial score (nSPS) is 22.3. The van der Waals surface area contributed by atoms with Crippen molar-refractivity contribution in [2.75, 3.05) is 13.7 Å². The maximum Gasteiger partial charge on any atom is 0.274 e. The van der Waals surface area contributed by atoms with E-state index in [2.05, 4.69) is 33.8 Å². The van der Waals surface area contributed by atoms with Gasteiger partial charge in [-0.3, -0.25) is 4.79 Å². The largest absolute Gasteiger partial charge is 0.381 e. The predicted octanol–water partition coefficient (Wildman–Crippen LogP) is 4.62. The molecule has 30 heavy (non-hydrogen) atoms. The quantitative estimate of drug-likeness (QED) is 0.719. The Labute approximate surface area is 180 Å². The van der Waals surface area contributed by atoms with Crippen molar-refractivity contribution in [3.8, 4) is 0 Å². The summed E-state index contributed by atoms with van der Waals surface area (Å²) in [6.07, 6.45) is 8.22. The number of methoxy groups -OCH3 is 1. The van der Waals surface area contributed by atoms with Gasteiger partial charge in [-0.25, -0.2) is 9.50 Å². The molecule has 0 aromatic carbocycles. The number of likely N-dealkylation sites (tertiary alicyclic amines) is 1. The Kier molecular flexibility index (Phi) is 5.88. The van der Waals surface area contributed by atoms with Crippen LogP contribution in [0.25, 0.3) is 5.65 Å². The first-order valence-corrected chi connectivity index (χ1v) is 11.5. The molecule has 0 radical (unpaired) electrons. The van der Waals surface area contributed by atoms with Gasteiger partial charge in [0.15, 0.2) is 11.3 Å². The van der Waals surface area contributed by atoms with Crippen LogP contribution in [0.4, 0.5) is 0 Å². The molecule has 3 heterocycles. The number of piperidine rings is 1. The zero-order valence-electron chi connectivity index (χ0n) is 19.1. The van der Waals surface area contributed by atoms with Crippen LogP contribution in [0.2, 0.25) is 0 Å². The lowest BCUT2D eigenvalue weighted by atomic mass is 9.88. The fraction of sp³-hybridized carbons (Fsp3) is 0.708. The van der Waals surface area contributed by atoms with Crippen molar-refractivity contribution < 1.29 is 9.53 Å². The Balaban J connectivity index is 1.65. The third-order valence-electron chi connectivity index (χ3n) is 7.00. The van der Waals surface area contributed by atoms with Crippen LogP contribution in [-0.4, -0.2) is 50.7 Å². The molecule has 1 unspecified atom stereocenters. The van der Waals surface area contributed by atoms with Crippen LogP contribution in [0.1, 0.15) is 94.0 Å². The van der Waals surface area contributed by atoms with Crippen molar-refractivity contribution >= 4 is 11.6 Å². The van der Waals surface area contributed by atoms with Gasteiger partial charge in [0.1, 0.15) is 0 Å². The average molecular weight is 413 g/mol. The first-order valence-electron chi connectivity index (χ1n) is 11.5. The summed E-state index contributed by atoms with van der Waals surface area (Å²) in [6, 6.07) is 4.08. The number of aromatic nitrogens is 3. The van der Waals surface area contributed by atoms with E-state index in [4.69, 9.17) is 14.8 Å². The van der Waals surface area contributed by atoms with Crippen molar-refractivity contribution in [3.05, 3.63) is 29.2 Å². The molecule has 0 spiro atoms. The van der Waals surface area contributed by atoms with Gasteiger partial charge in [0.05, 0.1) is 6.10 Å². The molecule has 164 valence electrons. The predicted molar refractivity (Wildman–Crippen MR) is 118 cm³/mol. The van der Waals surface area contributed by atoms with Crippen LogP contribution >= 0.6 is 0 Å². The van der Waals surface area contributed by atoms with Crippen molar-refractivity contribution in [1.29, 1.82) is 0 Å². The summed E-state index contributed by atoms with van der Waals surface area (Å²) >= 11 is 0. The number of rotatable bonds is 5. The molecule has 0 bridgehead atoms. The number of amides is 1. The van der Waals surface area contributed by atoms with Gasteiger partial charge in [-0.05, 0) is 51.0 Å². The van der Waals surface area contributed by atoms with E-state index in [9.17, 15) is 4.79 Å². The van der Waals surface area contributed by atoms with Gasteiger partial charge in [0.25, 0.3) is 5.91 Å². The number of nitrogens with zero attached hydrogens (tertiary/aromatic N) is 4. The van der Waals surface area contributed by atoms with Gasteiger partial charge in [-0.2, -0.15) is 5.10 Å². The van der Waals surface area contributed by atoms with E-state index in [0.29, 0.717) is 18.2 Å². The molecule has 1 saturated heterocycles. The Morgan fingerprint density at radius 2 is 1.97 bits per heavy atom. The van der Waals surface area contributed by atoms with Gasteiger partial charge in [-0.1, -0.05) is 39.5 Å². The molecule has 1 saturated carbocycles. The fourth-order valence-corrected chi connectivity index (χ4v) is 5.24. The molecule has 4 rings (SSSR count). The smallest absolute Gasteiger partial charge is 0.274 e. The maximum absolute atomic E-state index is 13.4. The SMILES string of the molecule is COC1CCN(C(=O)c2cc3nc(CC4CCCC4)cc(C(C)C)n3n2)C(C)(C)C1. The molecule has 2 aromatic rings. The first kappa shape index (κ1) is 21.3. The van der Waals surface area contributed by atoms with Crippen molar-refractivity contribution in [2.45, 2.75) is 90.2 Å². The summed E-state index contributed by atoms with van der Waals surface area (Å²) in [5.41, 5.74) is 3.30. The van der Waals surface area contributed by atoms with Crippen LogP contribution < -0.4 is 0 Å². The Morgan fingerprint density at radius 3 is 2.60 bits per heavy atom. The Morgan fingerprint density at radius 1 is 1.23 bits per heavy atom. The number of ether oxygens (including phenoxy) is 1. The van der Waals surface area contributed by atoms with Gasteiger partial charge >= 0.3 is 0 Å². The molecule has 0 N–H and O–H groups in total. The second-order valence-corrected chi connectivity index (χ2v) is 10.1. The van der Waals surface area contributed by atoms with E-state index >= 15 is 0 Å². The molecule has 6 heteroatoms. The Hall–Kier alpha value is -1.95. The molecule has 2 aliphatic rings. The minimum absolute atomic E-state index is 0.00731. The second kappa shape index (κ2) is 8.29. The molecular weight excluding hydrogens is 376 g/mol. The number of carbonyl (C=O) groups excluding carboxylic acids is 1. The van der Waals surface area contributed by atoms with E-state index < -0.39 is 0 Å². The summed E-state index contributed by atoms with van der Waals surface area (Å²) in [6.45, 7) is 9.27. The van der Waals surface area contributed by atoms with Crippen LogP contribution in [-0.2, 0) is 11.2 Å². The van der Waals surface area contributed by atoms with E-state index in [1.807, 2.05) is 15.5 Å². The second-order valence-electron chi connectivity index (χ2n) is 10.1. The average Bonchev–Trinajstić information content (AvgIpc) is 3.35. The highest BCUT2D eigenvalue weighted by atomic mass is 16.5. The summed E-state index contributed by atoms with van der Waals surface area (Å²) in [5.74, 6) is 1.05. The highest BCUT2D eigenvalue weighted by molar-refractivity contribution is 5.94. The highest BCUT2D eigenvalue weighted by Gasteiger charge is 2.39. The summed E-state index contributed by atoms with van der Waals surface area (Å²) in [5, 5.41) is 4.72. The molecule has 2 aromatic heterocycles. The van der Waals surface area contributed by atoms with Crippen LogP contribution in [0, 0.1) is 5.92 Å². The zero-order chi connectivity index (χ0) is 21.5. The van der Waals surface area contributed by atoms with Crippen LogP contribution in [0.5, 0.6) is 0 Å². The van der Waals surface area contributed by atoms with Crippen LogP contribution in [0.15, 0.2) is 12.1 Å². The third kappa shape index (κ3) is 4.11. The number of hydrogen-bond acceptors (Lipinski definition) is 4. The lowest BCUT2D eigenvalue weighted by molar-refractivity contribution is -0.0155. The van der Waals surface area contributed by atoms with Crippen LogP contribution in [0.3, 0.4) is 0 Å². The van der Waals surface area contributed by atoms with E-state index in [0.717, 1.165) is 42.2 Å². The Bertz CT molecular complexity index is 911. The molecule has 1 atom stereocenters. The summed E-state index contributed by atoms with van der Waals surface area (Å²) in [7, 11) is 1.75. The summed E-state index contributed by atoms with van der Waals surface area (Å²) < 4.78 is 7.43. The molecule has 1 amide bonds. The number of fused-ring (bicyclic) bond motifs is 1. The first-order chi connectivity index (χ1) is 14.3. The lowest BCUT2D eigenvalue weighted by Gasteiger charge is -2.44. The number of carbonyl (C=O) groups is 1. The number of hydrogen-bond donors (Lipinski definition) is 0. The van der Waals surface area contributed by atoms with Gasteiger partial charge in [0.2, 0.25) is 0 Å². The minimum Gasteiger partial charge on any atom is -0.381 e. The fourth-order valence-electron chi connectivity index (χ4n) is 5.24. The molecule has 6 nitrogen and oxygen atoms in total.